The fourth-order valence-corrected chi connectivity index (χ4v) is 3.37. The summed E-state index contributed by atoms with van der Waals surface area (Å²) < 4.78 is 1.98. The smallest absolute Gasteiger partial charge is 0.0596 e. The number of aryl methyl sites for hydroxylation is 2. The minimum Gasteiger partial charge on any atom is -0.327 e. The summed E-state index contributed by atoms with van der Waals surface area (Å²) in [4.78, 5) is 0. The van der Waals surface area contributed by atoms with Crippen LogP contribution in [-0.2, 0) is 13.5 Å². The van der Waals surface area contributed by atoms with Crippen molar-refractivity contribution in [3.05, 3.63) is 17.5 Å². The third-order valence-corrected chi connectivity index (χ3v) is 4.43. The van der Waals surface area contributed by atoms with Crippen LogP contribution >= 0.6 is 0 Å². The third kappa shape index (κ3) is 1.77. The summed E-state index contributed by atoms with van der Waals surface area (Å²) >= 11 is 0. The van der Waals surface area contributed by atoms with Crippen LogP contribution in [0.4, 0.5) is 0 Å². The second-order valence-electron chi connectivity index (χ2n) is 5.76. The fourth-order valence-electron chi connectivity index (χ4n) is 3.37. The maximum Gasteiger partial charge on any atom is 0.0596 e. The summed E-state index contributed by atoms with van der Waals surface area (Å²) in [7, 11) is 2.02. The van der Waals surface area contributed by atoms with Crippen LogP contribution in [0.1, 0.15) is 30.7 Å². The first-order valence-corrected chi connectivity index (χ1v) is 6.38. The lowest BCUT2D eigenvalue weighted by molar-refractivity contribution is 0.387. The average molecular weight is 219 g/mol. The van der Waals surface area contributed by atoms with E-state index in [1.165, 1.54) is 25.0 Å². The van der Waals surface area contributed by atoms with E-state index in [2.05, 4.69) is 11.2 Å². The van der Waals surface area contributed by atoms with E-state index in [0.717, 1.165) is 29.9 Å². The highest BCUT2D eigenvalue weighted by Crippen LogP contribution is 2.55. The Morgan fingerprint density at radius 2 is 2.12 bits per heavy atom. The zero-order valence-corrected chi connectivity index (χ0v) is 10.2. The molecule has 0 bridgehead atoms. The summed E-state index contributed by atoms with van der Waals surface area (Å²) in [6.45, 7) is 2.04. The topological polar surface area (TPSA) is 43.8 Å². The standard InChI is InChI=1S/C13H21N3/c1-8-3-12(16(2)15-8)7-13(14)11-5-9-4-10(9)6-11/h3,9-11,13H,4-7,14H2,1-2H3. The van der Waals surface area contributed by atoms with Crippen LogP contribution in [0.5, 0.6) is 0 Å². The van der Waals surface area contributed by atoms with Crippen molar-refractivity contribution in [2.45, 2.75) is 38.6 Å². The summed E-state index contributed by atoms with van der Waals surface area (Å²) in [5, 5.41) is 4.38. The molecule has 0 saturated heterocycles. The first-order chi connectivity index (χ1) is 7.63. The minimum atomic E-state index is 0.336. The maximum absolute atomic E-state index is 6.33. The molecule has 2 fully saturated rings. The molecule has 88 valence electrons. The van der Waals surface area contributed by atoms with Crippen LogP contribution in [0.15, 0.2) is 6.07 Å². The highest BCUT2D eigenvalue weighted by Gasteiger charge is 2.47. The molecule has 2 aliphatic carbocycles. The van der Waals surface area contributed by atoms with Gasteiger partial charge in [0.15, 0.2) is 0 Å². The molecule has 1 aromatic rings. The number of hydrogen-bond acceptors (Lipinski definition) is 2. The van der Waals surface area contributed by atoms with Gasteiger partial charge in [-0.1, -0.05) is 0 Å². The summed E-state index contributed by atoms with van der Waals surface area (Å²) in [6.07, 6.45) is 5.22. The normalized spacial score (nSPS) is 33.8. The molecule has 3 heteroatoms. The van der Waals surface area contributed by atoms with Crippen molar-refractivity contribution in [3.63, 3.8) is 0 Å². The zero-order chi connectivity index (χ0) is 11.3. The molecular formula is C13H21N3. The summed E-state index contributed by atoms with van der Waals surface area (Å²) in [5.74, 6) is 2.83. The Kier molecular flexibility index (Phi) is 2.32. The predicted molar refractivity (Wildman–Crippen MR) is 63.9 cm³/mol. The van der Waals surface area contributed by atoms with Crippen molar-refractivity contribution < 1.29 is 0 Å². The number of hydrogen-bond donors (Lipinski definition) is 1. The Bertz CT molecular complexity index is 386. The summed E-state index contributed by atoms with van der Waals surface area (Å²) in [5.41, 5.74) is 8.71. The van der Waals surface area contributed by atoms with Gasteiger partial charge < -0.3 is 5.73 Å². The Morgan fingerprint density at radius 1 is 1.44 bits per heavy atom. The molecule has 3 nitrogen and oxygen atoms in total. The molecule has 2 N–H and O–H groups in total. The van der Waals surface area contributed by atoms with Gasteiger partial charge in [-0.2, -0.15) is 5.10 Å². The molecule has 2 saturated carbocycles. The van der Waals surface area contributed by atoms with Crippen molar-refractivity contribution in [2.24, 2.45) is 30.5 Å². The van der Waals surface area contributed by atoms with Gasteiger partial charge in [0.1, 0.15) is 0 Å². The van der Waals surface area contributed by atoms with Crippen LogP contribution in [0, 0.1) is 24.7 Å². The first kappa shape index (κ1) is 10.3. The van der Waals surface area contributed by atoms with Crippen molar-refractivity contribution >= 4 is 0 Å². The van der Waals surface area contributed by atoms with Crippen LogP contribution < -0.4 is 5.73 Å². The van der Waals surface area contributed by atoms with Gasteiger partial charge in [0.05, 0.1) is 5.69 Å². The van der Waals surface area contributed by atoms with E-state index >= 15 is 0 Å². The highest BCUT2D eigenvalue weighted by atomic mass is 15.3. The molecule has 16 heavy (non-hydrogen) atoms. The van der Waals surface area contributed by atoms with E-state index < -0.39 is 0 Å². The quantitative estimate of drug-likeness (QED) is 0.840. The van der Waals surface area contributed by atoms with E-state index in [1.807, 2.05) is 18.7 Å². The van der Waals surface area contributed by atoms with Gasteiger partial charge in [0.25, 0.3) is 0 Å². The number of nitrogens with two attached hydrogens (primary N) is 1. The molecule has 0 amide bonds. The third-order valence-electron chi connectivity index (χ3n) is 4.43. The lowest BCUT2D eigenvalue weighted by Gasteiger charge is -2.20. The van der Waals surface area contributed by atoms with Crippen molar-refractivity contribution in [1.82, 2.24) is 9.78 Å². The van der Waals surface area contributed by atoms with Crippen LogP contribution in [0.3, 0.4) is 0 Å². The van der Waals surface area contributed by atoms with E-state index in [9.17, 15) is 0 Å². The zero-order valence-electron chi connectivity index (χ0n) is 10.2. The molecule has 0 aliphatic heterocycles. The predicted octanol–water partition coefficient (Wildman–Crippen LogP) is 1.64. The Balaban J connectivity index is 1.63. The van der Waals surface area contributed by atoms with Crippen LogP contribution in [0.25, 0.3) is 0 Å². The van der Waals surface area contributed by atoms with E-state index in [0.29, 0.717) is 6.04 Å². The monoisotopic (exact) mass is 219 g/mol. The van der Waals surface area contributed by atoms with Gasteiger partial charge in [0.2, 0.25) is 0 Å². The Labute approximate surface area is 97.0 Å². The molecule has 0 aromatic carbocycles. The maximum atomic E-state index is 6.33. The molecule has 3 unspecified atom stereocenters. The molecule has 3 atom stereocenters. The number of nitrogens with zero attached hydrogens (tertiary/aromatic N) is 2. The molecule has 0 radical (unpaired) electrons. The molecule has 1 heterocycles. The Hall–Kier alpha value is -0.830. The van der Waals surface area contributed by atoms with Crippen molar-refractivity contribution in [3.8, 4) is 0 Å². The number of fused-ring (bicyclic) bond motifs is 1. The van der Waals surface area contributed by atoms with Crippen LogP contribution in [0.2, 0.25) is 0 Å². The average Bonchev–Trinajstić information content (AvgIpc) is 2.70. The second-order valence-corrected chi connectivity index (χ2v) is 5.76. The molecule has 0 spiro atoms. The number of aromatic nitrogens is 2. The first-order valence-electron chi connectivity index (χ1n) is 6.38. The van der Waals surface area contributed by atoms with Gasteiger partial charge in [0, 0.05) is 25.2 Å². The molecular weight excluding hydrogens is 198 g/mol. The SMILES string of the molecule is Cc1cc(CC(N)C2CC3CC3C2)n(C)n1. The largest absolute Gasteiger partial charge is 0.327 e. The van der Waals surface area contributed by atoms with Crippen molar-refractivity contribution in [1.29, 1.82) is 0 Å². The van der Waals surface area contributed by atoms with Gasteiger partial charge >= 0.3 is 0 Å². The Morgan fingerprint density at radius 3 is 2.69 bits per heavy atom. The number of rotatable bonds is 3. The molecule has 3 rings (SSSR count). The lowest BCUT2D eigenvalue weighted by Crippen LogP contribution is -2.32. The highest BCUT2D eigenvalue weighted by molar-refractivity contribution is 5.11. The van der Waals surface area contributed by atoms with E-state index in [1.54, 1.807) is 0 Å². The molecule has 2 aliphatic rings. The van der Waals surface area contributed by atoms with Gasteiger partial charge in [-0.05, 0) is 50.0 Å². The van der Waals surface area contributed by atoms with E-state index in [-0.39, 0.29) is 0 Å². The second kappa shape index (κ2) is 3.59. The summed E-state index contributed by atoms with van der Waals surface area (Å²) in [6, 6.07) is 2.50. The molecule has 1 aromatic heterocycles. The lowest BCUT2D eigenvalue weighted by atomic mass is 9.92. The van der Waals surface area contributed by atoms with Gasteiger partial charge in [-0.25, -0.2) is 0 Å². The van der Waals surface area contributed by atoms with Crippen molar-refractivity contribution in [2.75, 3.05) is 0 Å². The fraction of sp³-hybridized carbons (Fsp3) is 0.769. The van der Waals surface area contributed by atoms with Gasteiger partial charge in [-0.3, -0.25) is 4.68 Å². The van der Waals surface area contributed by atoms with E-state index in [4.69, 9.17) is 5.73 Å². The van der Waals surface area contributed by atoms with Gasteiger partial charge in [-0.15, -0.1) is 0 Å². The minimum absolute atomic E-state index is 0.336. The van der Waals surface area contributed by atoms with Crippen LogP contribution in [-0.4, -0.2) is 15.8 Å².